The Hall–Kier alpha value is -3.06. The minimum atomic E-state index is 0.290. The van der Waals surface area contributed by atoms with Gasteiger partial charge in [0.1, 0.15) is 5.75 Å². The predicted molar refractivity (Wildman–Crippen MR) is 100.0 cm³/mol. The van der Waals surface area contributed by atoms with Gasteiger partial charge in [-0.15, -0.1) is 0 Å². The molecule has 0 bridgehead atoms. The standard InChI is InChI=1S/C20H22N4O3/c1-14-17(20(24(3)22-14)27-16-5-4-8-21-10-16)12-23(2)11-15-6-7-18-19(9-15)26-13-25-18/h4-10H,11-13H2,1-3H3. The Kier molecular flexibility index (Phi) is 4.68. The van der Waals surface area contributed by atoms with E-state index < -0.39 is 0 Å². The van der Waals surface area contributed by atoms with E-state index in [1.807, 2.05) is 38.2 Å². The van der Waals surface area contributed by atoms with E-state index >= 15 is 0 Å². The smallest absolute Gasteiger partial charge is 0.231 e. The third-order valence-electron chi connectivity index (χ3n) is 4.46. The number of benzene rings is 1. The number of hydrogen-bond acceptors (Lipinski definition) is 6. The van der Waals surface area contributed by atoms with Crippen LogP contribution in [-0.2, 0) is 20.1 Å². The van der Waals surface area contributed by atoms with Crippen molar-refractivity contribution in [2.24, 2.45) is 7.05 Å². The number of aryl methyl sites for hydroxylation is 2. The van der Waals surface area contributed by atoms with Crippen LogP contribution in [0.1, 0.15) is 16.8 Å². The van der Waals surface area contributed by atoms with Crippen LogP contribution in [0.25, 0.3) is 0 Å². The highest BCUT2D eigenvalue weighted by molar-refractivity contribution is 5.44. The first-order chi connectivity index (χ1) is 13.1. The van der Waals surface area contributed by atoms with Crippen molar-refractivity contribution in [3.63, 3.8) is 0 Å². The number of ether oxygens (including phenoxy) is 3. The molecule has 0 saturated heterocycles. The minimum absolute atomic E-state index is 0.290. The monoisotopic (exact) mass is 366 g/mol. The van der Waals surface area contributed by atoms with Gasteiger partial charge in [0.15, 0.2) is 11.5 Å². The predicted octanol–water partition coefficient (Wildman–Crippen LogP) is 3.28. The largest absolute Gasteiger partial charge is 0.454 e. The van der Waals surface area contributed by atoms with Gasteiger partial charge in [-0.25, -0.2) is 4.68 Å². The van der Waals surface area contributed by atoms with Crippen LogP contribution in [0.4, 0.5) is 0 Å². The summed E-state index contributed by atoms with van der Waals surface area (Å²) in [5, 5.41) is 4.52. The van der Waals surface area contributed by atoms with Gasteiger partial charge in [-0.2, -0.15) is 5.10 Å². The normalized spacial score (nSPS) is 12.6. The van der Waals surface area contributed by atoms with Crippen LogP contribution in [0.5, 0.6) is 23.1 Å². The van der Waals surface area contributed by atoms with Gasteiger partial charge in [0.2, 0.25) is 12.7 Å². The van der Waals surface area contributed by atoms with Crippen molar-refractivity contribution in [3.05, 3.63) is 59.5 Å². The number of aromatic nitrogens is 3. The molecule has 0 radical (unpaired) electrons. The van der Waals surface area contributed by atoms with E-state index in [-0.39, 0.29) is 0 Å². The zero-order valence-electron chi connectivity index (χ0n) is 15.7. The van der Waals surface area contributed by atoms with Crippen LogP contribution in [0.3, 0.4) is 0 Å². The van der Waals surface area contributed by atoms with Gasteiger partial charge in [0.25, 0.3) is 0 Å². The molecule has 1 aliphatic rings. The summed E-state index contributed by atoms with van der Waals surface area (Å²) in [6.07, 6.45) is 3.42. The molecule has 0 N–H and O–H groups in total. The number of rotatable bonds is 6. The summed E-state index contributed by atoms with van der Waals surface area (Å²) in [4.78, 5) is 6.32. The zero-order valence-corrected chi connectivity index (χ0v) is 15.7. The molecule has 0 atom stereocenters. The summed E-state index contributed by atoms with van der Waals surface area (Å²) in [5.41, 5.74) is 3.18. The van der Waals surface area contributed by atoms with Gasteiger partial charge in [-0.05, 0) is 43.8 Å². The van der Waals surface area contributed by atoms with Crippen molar-refractivity contribution < 1.29 is 14.2 Å². The number of hydrogen-bond donors (Lipinski definition) is 0. The van der Waals surface area contributed by atoms with Crippen molar-refractivity contribution >= 4 is 0 Å². The van der Waals surface area contributed by atoms with Gasteiger partial charge in [-0.3, -0.25) is 9.88 Å². The maximum atomic E-state index is 6.05. The molecule has 3 aromatic rings. The molecule has 140 valence electrons. The van der Waals surface area contributed by atoms with Crippen LogP contribution in [0.15, 0.2) is 42.7 Å². The Bertz CT molecular complexity index is 940. The average molecular weight is 366 g/mol. The molecule has 0 saturated carbocycles. The van der Waals surface area contributed by atoms with Gasteiger partial charge in [-0.1, -0.05) is 6.07 Å². The molecule has 0 fully saturated rings. The fourth-order valence-electron chi connectivity index (χ4n) is 3.19. The molecule has 3 heterocycles. The van der Waals surface area contributed by atoms with Crippen molar-refractivity contribution in [1.29, 1.82) is 0 Å². The average Bonchev–Trinajstić information content (AvgIpc) is 3.22. The topological polar surface area (TPSA) is 61.6 Å². The highest BCUT2D eigenvalue weighted by atomic mass is 16.7. The first-order valence-corrected chi connectivity index (χ1v) is 8.77. The van der Waals surface area contributed by atoms with Gasteiger partial charge in [0.05, 0.1) is 17.5 Å². The lowest BCUT2D eigenvalue weighted by Crippen LogP contribution is -2.18. The summed E-state index contributed by atoms with van der Waals surface area (Å²) < 4.78 is 18.7. The van der Waals surface area contributed by atoms with Gasteiger partial charge < -0.3 is 14.2 Å². The Morgan fingerprint density at radius 1 is 1.19 bits per heavy atom. The SMILES string of the molecule is Cc1nn(C)c(Oc2cccnc2)c1CN(C)Cc1ccc2c(c1)OCO2. The van der Waals surface area contributed by atoms with E-state index in [0.717, 1.165) is 40.7 Å². The first kappa shape index (κ1) is 17.4. The van der Waals surface area contributed by atoms with E-state index in [2.05, 4.69) is 28.1 Å². The van der Waals surface area contributed by atoms with Crippen LogP contribution >= 0.6 is 0 Å². The molecule has 0 unspecified atom stereocenters. The summed E-state index contributed by atoms with van der Waals surface area (Å²) in [6, 6.07) is 9.78. The number of fused-ring (bicyclic) bond motifs is 1. The van der Waals surface area contributed by atoms with E-state index in [9.17, 15) is 0 Å². The second-order valence-electron chi connectivity index (χ2n) is 6.64. The molecule has 27 heavy (non-hydrogen) atoms. The summed E-state index contributed by atoms with van der Waals surface area (Å²) in [6.45, 7) is 3.78. The highest BCUT2D eigenvalue weighted by Gasteiger charge is 2.18. The molecule has 7 heteroatoms. The van der Waals surface area contributed by atoms with Crippen LogP contribution in [0.2, 0.25) is 0 Å². The molecule has 1 aromatic carbocycles. The number of pyridine rings is 1. The molecule has 7 nitrogen and oxygen atoms in total. The van der Waals surface area contributed by atoms with Crippen LogP contribution in [0, 0.1) is 6.92 Å². The quantitative estimate of drug-likeness (QED) is 0.667. The highest BCUT2D eigenvalue weighted by Crippen LogP contribution is 2.33. The summed E-state index contributed by atoms with van der Waals surface area (Å²) >= 11 is 0. The first-order valence-electron chi connectivity index (χ1n) is 8.77. The Morgan fingerprint density at radius 3 is 2.85 bits per heavy atom. The molecule has 4 rings (SSSR count). The van der Waals surface area contributed by atoms with E-state index in [0.29, 0.717) is 19.1 Å². The molecule has 2 aromatic heterocycles. The lowest BCUT2D eigenvalue weighted by atomic mass is 10.1. The fourth-order valence-corrected chi connectivity index (χ4v) is 3.19. The van der Waals surface area contributed by atoms with Crippen LogP contribution < -0.4 is 14.2 Å². The fraction of sp³-hybridized carbons (Fsp3) is 0.300. The van der Waals surface area contributed by atoms with Gasteiger partial charge in [0, 0.05) is 26.3 Å². The van der Waals surface area contributed by atoms with Gasteiger partial charge >= 0.3 is 0 Å². The minimum Gasteiger partial charge on any atom is -0.454 e. The van der Waals surface area contributed by atoms with E-state index in [1.54, 1.807) is 17.1 Å². The van der Waals surface area contributed by atoms with Crippen LogP contribution in [-0.4, -0.2) is 33.5 Å². The second-order valence-corrected chi connectivity index (χ2v) is 6.64. The Morgan fingerprint density at radius 2 is 2.04 bits per heavy atom. The molecular weight excluding hydrogens is 344 g/mol. The van der Waals surface area contributed by atoms with Crippen molar-refractivity contribution in [1.82, 2.24) is 19.7 Å². The molecule has 0 aliphatic carbocycles. The maximum Gasteiger partial charge on any atom is 0.231 e. The Labute approximate surface area is 158 Å². The number of nitrogens with zero attached hydrogens (tertiary/aromatic N) is 4. The molecule has 0 spiro atoms. The van der Waals surface area contributed by atoms with Crippen molar-refractivity contribution in [2.75, 3.05) is 13.8 Å². The molecule has 0 amide bonds. The summed E-state index contributed by atoms with van der Waals surface area (Å²) in [7, 11) is 3.96. The van der Waals surface area contributed by atoms with Crippen molar-refractivity contribution in [2.45, 2.75) is 20.0 Å². The second kappa shape index (κ2) is 7.28. The molecule has 1 aliphatic heterocycles. The molecular formula is C20H22N4O3. The van der Waals surface area contributed by atoms with E-state index in [1.165, 1.54) is 0 Å². The Balaban J connectivity index is 1.50. The maximum absolute atomic E-state index is 6.05. The third kappa shape index (κ3) is 3.73. The lowest BCUT2D eigenvalue weighted by molar-refractivity contribution is 0.174. The van der Waals surface area contributed by atoms with E-state index in [4.69, 9.17) is 14.2 Å². The summed E-state index contributed by atoms with van der Waals surface area (Å²) in [5.74, 6) is 3.04. The lowest BCUT2D eigenvalue weighted by Gasteiger charge is -2.18. The zero-order chi connectivity index (χ0) is 18.8. The third-order valence-corrected chi connectivity index (χ3v) is 4.46. The van der Waals surface area contributed by atoms with Crippen molar-refractivity contribution in [3.8, 4) is 23.1 Å².